The summed E-state index contributed by atoms with van der Waals surface area (Å²) in [6.07, 6.45) is 1.11. The molecule has 2 N–H and O–H groups in total. The van der Waals surface area contributed by atoms with Gasteiger partial charge in [-0.05, 0) is 35.4 Å². The van der Waals surface area contributed by atoms with Crippen LogP contribution in [0.25, 0.3) is 0 Å². The van der Waals surface area contributed by atoms with Crippen LogP contribution in [0.2, 0.25) is 0 Å². The van der Waals surface area contributed by atoms with Gasteiger partial charge in [-0.2, -0.15) is 0 Å². The van der Waals surface area contributed by atoms with E-state index in [1.54, 1.807) is 23.1 Å². The van der Waals surface area contributed by atoms with Gasteiger partial charge in [0.2, 0.25) is 5.91 Å². The highest BCUT2D eigenvalue weighted by Gasteiger charge is 2.43. The first-order valence-corrected chi connectivity index (χ1v) is 9.85. The number of ketones is 1. The molecule has 0 spiro atoms. The standard InChI is InChI=1S/C21H22N2O3S/c1-12(24)23-14-6-4-7-15(25)19(14)22-13-10-21(2,3)11-16(26)18(13)20(23)17-8-5-9-27-17/h4-9,20,22,25H,10-11H2,1-3H3. The lowest BCUT2D eigenvalue weighted by Gasteiger charge is -2.36. The average Bonchev–Trinajstić information content (AvgIpc) is 3.04. The minimum atomic E-state index is -0.489. The number of para-hydroxylation sites is 1. The summed E-state index contributed by atoms with van der Waals surface area (Å²) >= 11 is 1.53. The van der Waals surface area contributed by atoms with Gasteiger partial charge in [-0.3, -0.25) is 14.5 Å². The first kappa shape index (κ1) is 17.8. The molecule has 140 valence electrons. The summed E-state index contributed by atoms with van der Waals surface area (Å²) in [6, 6.07) is 8.50. The van der Waals surface area contributed by atoms with Crippen molar-refractivity contribution in [1.82, 2.24) is 0 Å². The van der Waals surface area contributed by atoms with Crippen LogP contribution >= 0.6 is 11.3 Å². The SMILES string of the molecule is CC(=O)N1c2cccc(O)c2NC2=C(C(=O)CC(C)(C)C2)C1c1cccs1. The molecule has 0 radical (unpaired) electrons. The number of thiophene rings is 1. The van der Waals surface area contributed by atoms with Gasteiger partial charge >= 0.3 is 0 Å². The van der Waals surface area contributed by atoms with Crippen molar-refractivity contribution in [2.75, 3.05) is 10.2 Å². The molecule has 27 heavy (non-hydrogen) atoms. The number of phenols is 1. The second-order valence-corrected chi connectivity index (χ2v) is 8.92. The number of allylic oxidation sites excluding steroid dienone is 1. The fraction of sp³-hybridized carbons (Fsp3) is 0.333. The van der Waals surface area contributed by atoms with Crippen molar-refractivity contribution in [3.05, 3.63) is 51.9 Å². The first-order valence-electron chi connectivity index (χ1n) is 8.97. The van der Waals surface area contributed by atoms with Gasteiger partial charge in [0.1, 0.15) is 17.5 Å². The van der Waals surface area contributed by atoms with E-state index < -0.39 is 6.04 Å². The van der Waals surface area contributed by atoms with Crippen LogP contribution in [0.15, 0.2) is 47.0 Å². The molecule has 6 heteroatoms. The van der Waals surface area contributed by atoms with Crippen LogP contribution in [-0.4, -0.2) is 16.8 Å². The summed E-state index contributed by atoms with van der Waals surface area (Å²) in [6.45, 7) is 5.63. The number of carbonyl (C=O) groups excluding carboxylic acids is 2. The molecular formula is C21H22N2O3S. The number of rotatable bonds is 1. The molecule has 1 aromatic carbocycles. The van der Waals surface area contributed by atoms with Gasteiger partial charge in [0.25, 0.3) is 0 Å². The maximum absolute atomic E-state index is 13.2. The topological polar surface area (TPSA) is 69.6 Å². The van der Waals surface area contributed by atoms with Gasteiger partial charge in [-0.1, -0.05) is 26.0 Å². The Balaban J connectivity index is 2.03. The number of hydrogen-bond acceptors (Lipinski definition) is 5. The lowest BCUT2D eigenvalue weighted by molar-refractivity contribution is -0.118. The molecule has 2 aliphatic rings. The summed E-state index contributed by atoms with van der Waals surface area (Å²) < 4.78 is 0. The highest BCUT2D eigenvalue weighted by molar-refractivity contribution is 7.10. The Labute approximate surface area is 162 Å². The van der Waals surface area contributed by atoms with Crippen LogP contribution in [0.5, 0.6) is 5.75 Å². The number of amides is 1. The summed E-state index contributed by atoms with van der Waals surface area (Å²) in [7, 11) is 0. The molecule has 0 bridgehead atoms. The molecular weight excluding hydrogens is 360 g/mol. The second-order valence-electron chi connectivity index (χ2n) is 7.94. The molecule has 1 aromatic heterocycles. The normalized spacial score (nSPS) is 21.2. The van der Waals surface area contributed by atoms with Gasteiger partial charge in [-0.15, -0.1) is 11.3 Å². The van der Waals surface area contributed by atoms with Crippen LogP contribution in [0.4, 0.5) is 11.4 Å². The van der Waals surface area contributed by atoms with Gasteiger partial charge in [0, 0.05) is 29.5 Å². The molecule has 1 atom stereocenters. The van der Waals surface area contributed by atoms with Crippen LogP contribution in [-0.2, 0) is 9.59 Å². The van der Waals surface area contributed by atoms with Gasteiger partial charge in [0.05, 0.1) is 5.69 Å². The fourth-order valence-electron chi connectivity index (χ4n) is 4.11. The molecule has 1 unspecified atom stereocenters. The lowest BCUT2D eigenvalue weighted by atomic mass is 9.74. The quantitative estimate of drug-likeness (QED) is 0.706. The number of benzene rings is 1. The third kappa shape index (κ3) is 2.94. The van der Waals surface area contributed by atoms with E-state index in [9.17, 15) is 14.7 Å². The van der Waals surface area contributed by atoms with Crippen LogP contribution in [0.1, 0.15) is 44.5 Å². The predicted octanol–water partition coefficient (Wildman–Crippen LogP) is 4.62. The number of aromatic hydroxyl groups is 1. The Kier molecular flexibility index (Phi) is 4.11. The van der Waals surface area contributed by atoms with Gasteiger partial charge in [-0.25, -0.2) is 0 Å². The average molecular weight is 382 g/mol. The summed E-state index contributed by atoms with van der Waals surface area (Å²) in [4.78, 5) is 28.5. The van der Waals surface area contributed by atoms with Crippen molar-refractivity contribution < 1.29 is 14.7 Å². The molecule has 0 saturated heterocycles. The lowest BCUT2D eigenvalue weighted by Crippen LogP contribution is -2.38. The van der Waals surface area contributed by atoms with E-state index in [4.69, 9.17) is 0 Å². The Morgan fingerprint density at radius 3 is 2.70 bits per heavy atom. The number of Topliss-reactive ketones (excluding diaryl/α,β-unsaturated/α-hetero) is 1. The number of nitrogens with zero attached hydrogens (tertiary/aromatic N) is 1. The largest absolute Gasteiger partial charge is 0.506 e. The summed E-state index contributed by atoms with van der Waals surface area (Å²) in [5, 5.41) is 15.7. The van der Waals surface area contributed by atoms with Crippen molar-refractivity contribution in [2.24, 2.45) is 5.41 Å². The molecule has 0 fully saturated rings. The predicted molar refractivity (Wildman–Crippen MR) is 107 cm³/mol. The van der Waals surface area contributed by atoms with E-state index in [1.165, 1.54) is 18.3 Å². The minimum absolute atomic E-state index is 0.0469. The Morgan fingerprint density at radius 1 is 1.26 bits per heavy atom. The number of carbonyl (C=O) groups is 2. The number of phenolic OH excluding ortho intramolecular Hbond substituents is 1. The molecule has 1 aliphatic heterocycles. The Hall–Kier alpha value is -2.60. The summed E-state index contributed by atoms with van der Waals surface area (Å²) in [5.41, 5.74) is 2.30. The third-order valence-corrected chi connectivity index (χ3v) is 6.08. The second kappa shape index (κ2) is 6.23. The Morgan fingerprint density at radius 2 is 2.04 bits per heavy atom. The zero-order valence-electron chi connectivity index (χ0n) is 15.6. The van der Waals surface area contributed by atoms with E-state index in [1.807, 2.05) is 17.5 Å². The molecule has 1 aliphatic carbocycles. The van der Waals surface area contributed by atoms with Crippen molar-refractivity contribution in [1.29, 1.82) is 0 Å². The van der Waals surface area contributed by atoms with Crippen molar-refractivity contribution >= 4 is 34.4 Å². The highest BCUT2D eigenvalue weighted by atomic mass is 32.1. The van der Waals surface area contributed by atoms with Crippen LogP contribution < -0.4 is 10.2 Å². The van der Waals surface area contributed by atoms with Gasteiger partial charge in [0.15, 0.2) is 5.78 Å². The van der Waals surface area contributed by atoms with Crippen molar-refractivity contribution in [3.63, 3.8) is 0 Å². The van der Waals surface area contributed by atoms with Crippen molar-refractivity contribution in [2.45, 2.75) is 39.7 Å². The number of anilines is 2. The minimum Gasteiger partial charge on any atom is -0.506 e. The zero-order chi connectivity index (χ0) is 19.3. The molecule has 2 heterocycles. The van der Waals surface area contributed by atoms with Crippen molar-refractivity contribution in [3.8, 4) is 5.75 Å². The van der Waals surface area contributed by atoms with E-state index in [0.29, 0.717) is 29.8 Å². The molecule has 4 rings (SSSR count). The number of nitrogens with one attached hydrogen (secondary N) is 1. The zero-order valence-corrected chi connectivity index (χ0v) is 16.4. The molecule has 2 aromatic rings. The van der Waals surface area contributed by atoms with Crippen LogP contribution in [0.3, 0.4) is 0 Å². The number of hydrogen-bond donors (Lipinski definition) is 2. The maximum atomic E-state index is 13.2. The smallest absolute Gasteiger partial charge is 0.224 e. The monoisotopic (exact) mass is 382 g/mol. The van der Waals surface area contributed by atoms with Gasteiger partial charge < -0.3 is 10.4 Å². The molecule has 5 nitrogen and oxygen atoms in total. The number of fused-ring (bicyclic) bond motifs is 1. The molecule has 1 amide bonds. The first-order chi connectivity index (χ1) is 12.8. The van der Waals surface area contributed by atoms with E-state index in [2.05, 4.69) is 19.2 Å². The fourth-order valence-corrected chi connectivity index (χ4v) is 4.93. The van der Waals surface area contributed by atoms with Crippen LogP contribution in [0, 0.1) is 5.41 Å². The van der Waals surface area contributed by atoms with E-state index >= 15 is 0 Å². The molecule has 0 saturated carbocycles. The highest BCUT2D eigenvalue weighted by Crippen LogP contribution is 2.50. The third-order valence-electron chi connectivity index (χ3n) is 5.16. The Bertz CT molecular complexity index is 960. The summed E-state index contributed by atoms with van der Waals surface area (Å²) in [5.74, 6) is -0.0626. The van der Waals surface area contributed by atoms with E-state index in [-0.39, 0.29) is 22.9 Å². The maximum Gasteiger partial charge on any atom is 0.224 e. The van der Waals surface area contributed by atoms with E-state index in [0.717, 1.165) is 10.6 Å².